The van der Waals surface area contributed by atoms with Gasteiger partial charge in [-0.25, -0.2) is 0 Å². The van der Waals surface area contributed by atoms with Gasteiger partial charge >= 0.3 is 6.01 Å². The van der Waals surface area contributed by atoms with Crippen LogP contribution in [0.4, 0.5) is 6.01 Å². The van der Waals surface area contributed by atoms with Crippen molar-refractivity contribution in [3.8, 4) is 0 Å². The Balaban J connectivity index is 1.69. The van der Waals surface area contributed by atoms with E-state index in [4.69, 9.17) is 4.42 Å². The van der Waals surface area contributed by atoms with Gasteiger partial charge < -0.3 is 14.6 Å². The second-order valence-corrected chi connectivity index (χ2v) is 5.53. The maximum atomic E-state index is 5.83. The Morgan fingerprint density at radius 2 is 2.11 bits per heavy atom. The molecule has 2 fully saturated rings. The highest BCUT2D eigenvalue weighted by Gasteiger charge is 2.36. The van der Waals surface area contributed by atoms with Crippen LogP contribution in [0, 0.1) is 5.92 Å². The van der Waals surface area contributed by atoms with E-state index in [2.05, 4.69) is 34.3 Å². The Labute approximate surface area is 108 Å². The molecule has 1 heterocycles. The molecule has 0 aliphatic heterocycles. The summed E-state index contributed by atoms with van der Waals surface area (Å²) >= 11 is 0. The number of hydrogen-bond acceptors (Lipinski definition) is 5. The molecule has 1 unspecified atom stereocenters. The van der Waals surface area contributed by atoms with Gasteiger partial charge in [0, 0.05) is 12.6 Å². The fourth-order valence-electron chi connectivity index (χ4n) is 2.26. The number of rotatable bonds is 7. The lowest BCUT2D eigenvalue weighted by Crippen LogP contribution is -2.28. The molecule has 2 aliphatic carbocycles. The first-order valence-corrected chi connectivity index (χ1v) is 7.11. The maximum absolute atomic E-state index is 5.83. The highest BCUT2D eigenvalue weighted by molar-refractivity contribution is 5.30. The van der Waals surface area contributed by atoms with E-state index in [1.165, 1.54) is 25.7 Å². The zero-order valence-electron chi connectivity index (χ0n) is 11.2. The Kier molecular flexibility index (Phi) is 3.24. The molecule has 1 aromatic heterocycles. The first kappa shape index (κ1) is 12.0. The molecule has 1 N–H and O–H groups in total. The van der Waals surface area contributed by atoms with Crippen LogP contribution in [0.3, 0.4) is 0 Å². The Bertz CT molecular complexity index is 397. The third-order valence-electron chi connectivity index (χ3n) is 3.70. The van der Waals surface area contributed by atoms with Gasteiger partial charge in [-0.3, -0.25) is 0 Å². The van der Waals surface area contributed by atoms with Gasteiger partial charge in [0.1, 0.15) is 0 Å². The SMILES string of the molecule is CCNC(C)c1nnc(N(CC2CC2)C2CC2)o1. The van der Waals surface area contributed by atoms with Crippen LogP contribution < -0.4 is 10.2 Å². The molecule has 2 saturated carbocycles. The van der Waals surface area contributed by atoms with E-state index in [9.17, 15) is 0 Å². The molecule has 5 nitrogen and oxygen atoms in total. The summed E-state index contributed by atoms with van der Waals surface area (Å²) in [5, 5.41) is 11.7. The van der Waals surface area contributed by atoms with Crippen LogP contribution in [0.1, 0.15) is 51.5 Å². The molecule has 0 spiro atoms. The topological polar surface area (TPSA) is 54.2 Å². The standard InChI is InChI=1S/C13H22N4O/c1-3-14-9(2)12-15-16-13(18-12)17(11-6-7-11)8-10-4-5-10/h9-11,14H,3-8H2,1-2H3. The smallest absolute Gasteiger partial charge is 0.318 e. The molecule has 0 saturated heterocycles. The molecule has 0 radical (unpaired) electrons. The van der Waals surface area contributed by atoms with Crippen molar-refractivity contribution in [3.05, 3.63) is 5.89 Å². The van der Waals surface area contributed by atoms with Crippen molar-refractivity contribution in [2.45, 2.75) is 51.6 Å². The lowest BCUT2D eigenvalue weighted by atomic mass is 10.3. The van der Waals surface area contributed by atoms with Gasteiger partial charge in [-0.05, 0) is 45.1 Å². The van der Waals surface area contributed by atoms with Crippen molar-refractivity contribution in [1.29, 1.82) is 0 Å². The Morgan fingerprint density at radius 1 is 1.33 bits per heavy atom. The van der Waals surface area contributed by atoms with E-state index < -0.39 is 0 Å². The molecule has 3 rings (SSSR count). The predicted molar refractivity (Wildman–Crippen MR) is 69.5 cm³/mol. The molecule has 0 bridgehead atoms. The van der Waals surface area contributed by atoms with Gasteiger partial charge in [-0.1, -0.05) is 12.0 Å². The fraction of sp³-hybridized carbons (Fsp3) is 0.846. The zero-order chi connectivity index (χ0) is 12.5. The van der Waals surface area contributed by atoms with Crippen LogP contribution in [0.15, 0.2) is 4.42 Å². The van der Waals surface area contributed by atoms with E-state index in [-0.39, 0.29) is 6.04 Å². The maximum Gasteiger partial charge on any atom is 0.318 e. The van der Waals surface area contributed by atoms with Crippen LogP contribution in [0.5, 0.6) is 0 Å². The molecule has 0 aromatic carbocycles. The highest BCUT2D eigenvalue weighted by Crippen LogP contribution is 2.37. The summed E-state index contributed by atoms with van der Waals surface area (Å²) < 4.78 is 5.83. The fourth-order valence-corrected chi connectivity index (χ4v) is 2.26. The molecule has 100 valence electrons. The second kappa shape index (κ2) is 4.88. The molecular weight excluding hydrogens is 228 g/mol. The Morgan fingerprint density at radius 3 is 2.72 bits per heavy atom. The minimum atomic E-state index is 0.137. The number of aromatic nitrogens is 2. The normalized spacial score (nSPS) is 21.0. The third kappa shape index (κ3) is 2.66. The summed E-state index contributed by atoms with van der Waals surface area (Å²) in [6.45, 7) is 6.15. The van der Waals surface area contributed by atoms with Gasteiger partial charge in [0.25, 0.3) is 0 Å². The van der Waals surface area contributed by atoms with Crippen LogP contribution >= 0.6 is 0 Å². The second-order valence-electron chi connectivity index (χ2n) is 5.53. The summed E-state index contributed by atoms with van der Waals surface area (Å²) in [5.41, 5.74) is 0. The quantitative estimate of drug-likeness (QED) is 0.803. The minimum absolute atomic E-state index is 0.137. The molecule has 18 heavy (non-hydrogen) atoms. The van der Waals surface area contributed by atoms with Crippen LogP contribution in [-0.4, -0.2) is 29.3 Å². The largest absolute Gasteiger partial charge is 0.406 e. The van der Waals surface area contributed by atoms with E-state index >= 15 is 0 Å². The molecule has 5 heteroatoms. The van der Waals surface area contributed by atoms with Crippen molar-refractivity contribution in [2.24, 2.45) is 5.92 Å². The van der Waals surface area contributed by atoms with Crippen LogP contribution in [0.2, 0.25) is 0 Å². The predicted octanol–water partition coefficient (Wildman–Crippen LogP) is 2.12. The van der Waals surface area contributed by atoms with Crippen molar-refractivity contribution < 1.29 is 4.42 Å². The molecule has 1 aromatic rings. The lowest BCUT2D eigenvalue weighted by Gasteiger charge is -2.19. The summed E-state index contributed by atoms with van der Waals surface area (Å²) in [6.07, 6.45) is 5.26. The summed E-state index contributed by atoms with van der Waals surface area (Å²) in [6, 6.07) is 1.51. The van der Waals surface area contributed by atoms with Crippen molar-refractivity contribution in [2.75, 3.05) is 18.0 Å². The van der Waals surface area contributed by atoms with Gasteiger partial charge in [-0.2, -0.15) is 0 Å². The minimum Gasteiger partial charge on any atom is -0.406 e. The van der Waals surface area contributed by atoms with Gasteiger partial charge in [0.15, 0.2) is 0 Å². The zero-order valence-corrected chi connectivity index (χ0v) is 11.2. The molecule has 2 aliphatic rings. The van der Waals surface area contributed by atoms with Crippen molar-refractivity contribution in [1.82, 2.24) is 15.5 Å². The first-order chi connectivity index (χ1) is 8.78. The Hall–Kier alpha value is -1.10. The van der Waals surface area contributed by atoms with Crippen molar-refractivity contribution in [3.63, 3.8) is 0 Å². The molecular formula is C13H22N4O. The summed E-state index contributed by atoms with van der Waals surface area (Å²) in [7, 11) is 0. The van der Waals surface area contributed by atoms with E-state index in [1.54, 1.807) is 0 Å². The lowest BCUT2D eigenvalue weighted by molar-refractivity contribution is 0.416. The third-order valence-corrected chi connectivity index (χ3v) is 3.70. The van der Waals surface area contributed by atoms with E-state index in [0.29, 0.717) is 11.9 Å². The highest BCUT2D eigenvalue weighted by atomic mass is 16.4. The molecule has 0 amide bonds. The van der Waals surface area contributed by atoms with Crippen LogP contribution in [-0.2, 0) is 0 Å². The van der Waals surface area contributed by atoms with E-state index in [0.717, 1.165) is 25.0 Å². The summed E-state index contributed by atoms with van der Waals surface area (Å²) in [5.74, 6) is 1.56. The number of nitrogens with one attached hydrogen (secondary N) is 1. The number of anilines is 1. The number of hydrogen-bond donors (Lipinski definition) is 1. The summed E-state index contributed by atoms with van der Waals surface area (Å²) in [4.78, 5) is 2.33. The van der Waals surface area contributed by atoms with Crippen LogP contribution in [0.25, 0.3) is 0 Å². The average Bonchev–Trinajstić information content (AvgIpc) is 3.26. The van der Waals surface area contributed by atoms with Gasteiger partial charge in [0.2, 0.25) is 5.89 Å². The first-order valence-electron chi connectivity index (χ1n) is 7.11. The monoisotopic (exact) mass is 250 g/mol. The van der Waals surface area contributed by atoms with Gasteiger partial charge in [-0.15, -0.1) is 5.10 Å². The average molecular weight is 250 g/mol. The van der Waals surface area contributed by atoms with Crippen molar-refractivity contribution >= 4 is 6.01 Å². The van der Waals surface area contributed by atoms with E-state index in [1.807, 2.05) is 0 Å². The molecule has 1 atom stereocenters. The number of nitrogens with zero attached hydrogens (tertiary/aromatic N) is 3. The van der Waals surface area contributed by atoms with Gasteiger partial charge in [0.05, 0.1) is 6.04 Å².